The van der Waals surface area contributed by atoms with Crippen molar-refractivity contribution in [2.75, 3.05) is 19.8 Å². The lowest BCUT2D eigenvalue weighted by molar-refractivity contribution is 0.100. The number of ether oxygens (including phenoxy) is 2. The summed E-state index contributed by atoms with van der Waals surface area (Å²) >= 11 is 0. The van der Waals surface area contributed by atoms with Crippen molar-refractivity contribution in [1.82, 2.24) is 0 Å². The molecule has 0 aliphatic rings. The van der Waals surface area contributed by atoms with E-state index in [9.17, 15) is 0 Å². The summed E-state index contributed by atoms with van der Waals surface area (Å²) in [7, 11) is 0. The predicted octanol–water partition coefficient (Wildman–Crippen LogP) is 3.05. The van der Waals surface area contributed by atoms with E-state index in [1.165, 1.54) is 5.56 Å². The summed E-state index contributed by atoms with van der Waals surface area (Å²) in [5.74, 6) is 0.986. The fraction of sp³-hybridized carbons (Fsp3) is 0.538. The molecule has 1 aromatic rings. The number of hydrogen-bond donors (Lipinski definition) is 0. The van der Waals surface area contributed by atoms with Gasteiger partial charge in [-0.2, -0.15) is 0 Å². The number of para-hydroxylation sites is 1. The van der Waals surface area contributed by atoms with Crippen LogP contribution in [0.5, 0.6) is 5.75 Å². The lowest BCUT2D eigenvalue weighted by atomic mass is 10.1. The molecule has 0 saturated heterocycles. The number of rotatable bonds is 7. The van der Waals surface area contributed by atoms with Crippen LogP contribution in [0.2, 0.25) is 0 Å². The van der Waals surface area contributed by atoms with Gasteiger partial charge in [0.2, 0.25) is 0 Å². The smallest absolute Gasteiger partial charge is 0.122 e. The first kappa shape index (κ1) is 12.1. The molecule has 84 valence electrons. The zero-order valence-electron chi connectivity index (χ0n) is 9.66. The van der Waals surface area contributed by atoms with Gasteiger partial charge in [0.25, 0.3) is 0 Å². The largest absolute Gasteiger partial charge is 0.491 e. The SMILES string of the molecule is CCCOCCOc1ccccc1CC. The van der Waals surface area contributed by atoms with Crippen LogP contribution >= 0.6 is 0 Å². The molecule has 0 unspecified atom stereocenters. The van der Waals surface area contributed by atoms with E-state index in [1.807, 2.05) is 18.2 Å². The second-order valence-electron chi connectivity index (χ2n) is 3.42. The second kappa shape index (κ2) is 7.30. The van der Waals surface area contributed by atoms with E-state index < -0.39 is 0 Å². The van der Waals surface area contributed by atoms with Crippen LogP contribution in [0.25, 0.3) is 0 Å². The molecule has 0 amide bonds. The second-order valence-corrected chi connectivity index (χ2v) is 3.42. The van der Waals surface area contributed by atoms with Crippen LogP contribution in [0.3, 0.4) is 0 Å². The van der Waals surface area contributed by atoms with E-state index in [4.69, 9.17) is 9.47 Å². The standard InChI is InChI=1S/C13H20O2/c1-3-9-14-10-11-15-13-8-6-5-7-12(13)4-2/h5-8H,3-4,9-11H2,1-2H3. The van der Waals surface area contributed by atoms with Gasteiger partial charge in [0, 0.05) is 6.61 Å². The van der Waals surface area contributed by atoms with Crippen molar-refractivity contribution >= 4 is 0 Å². The monoisotopic (exact) mass is 208 g/mol. The molecule has 0 saturated carbocycles. The molecule has 15 heavy (non-hydrogen) atoms. The Kier molecular flexibility index (Phi) is 5.86. The molecule has 1 aromatic carbocycles. The van der Waals surface area contributed by atoms with Crippen LogP contribution < -0.4 is 4.74 Å². The van der Waals surface area contributed by atoms with E-state index in [0.29, 0.717) is 13.2 Å². The zero-order chi connectivity index (χ0) is 10.9. The highest BCUT2D eigenvalue weighted by Gasteiger charge is 1.99. The van der Waals surface area contributed by atoms with Crippen LogP contribution in [0.4, 0.5) is 0 Å². The molecule has 0 N–H and O–H groups in total. The van der Waals surface area contributed by atoms with E-state index in [0.717, 1.165) is 25.2 Å². The third kappa shape index (κ3) is 4.34. The highest BCUT2D eigenvalue weighted by molar-refractivity contribution is 5.33. The van der Waals surface area contributed by atoms with Gasteiger partial charge in [-0.15, -0.1) is 0 Å². The van der Waals surface area contributed by atoms with Crippen molar-refractivity contribution in [2.24, 2.45) is 0 Å². The molecular weight excluding hydrogens is 188 g/mol. The Morgan fingerprint density at radius 1 is 1.00 bits per heavy atom. The highest BCUT2D eigenvalue weighted by atomic mass is 16.5. The van der Waals surface area contributed by atoms with Crippen LogP contribution in [0, 0.1) is 0 Å². The molecule has 0 aliphatic heterocycles. The lowest BCUT2D eigenvalue weighted by Crippen LogP contribution is -2.08. The summed E-state index contributed by atoms with van der Waals surface area (Å²) in [6.45, 7) is 6.37. The van der Waals surface area contributed by atoms with E-state index in [-0.39, 0.29) is 0 Å². The van der Waals surface area contributed by atoms with Gasteiger partial charge in [-0.3, -0.25) is 0 Å². The average molecular weight is 208 g/mol. The van der Waals surface area contributed by atoms with Gasteiger partial charge >= 0.3 is 0 Å². The Bertz CT molecular complexity index is 271. The van der Waals surface area contributed by atoms with Crippen molar-refractivity contribution in [3.8, 4) is 5.75 Å². The predicted molar refractivity (Wildman–Crippen MR) is 62.4 cm³/mol. The fourth-order valence-electron chi connectivity index (χ4n) is 1.39. The van der Waals surface area contributed by atoms with Crippen LogP contribution in [-0.2, 0) is 11.2 Å². The van der Waals surface area contributed by atoms with Crippen molar-refractivity contribution in [2.45, 2.75) is 26.7 Å². The van der Waals surface area contributed by atoms with Crippen molar-refractivity contribution in [3.05, 3.63) is 29.8 Å². The minimum absolute atomic E-state index is 0.636. The summed E-state index contributed by atoms with van der Waals surface area (Å²) in [5, 5.41) is 0. The maximum atomic E-state index is 5.65. The molecule has 0 atom stereocenters. The maximum absolute atomic E-state index is 5.65. The molecule has 0 radical (unpaired) electrons. The Morgan fingerprint density at radius 3 is 2.53 bits per heavy atom. The molecule has 0 fully saturated rings. The fourth-order valence-corrected chi connectivity index (χ4v) is 1.39. The van der Waals surface area contributed by atoms with Crippen LogP contribution in [-0.4, -0.2) is 19.8 Å². The van der Waals surface area contributed by atoms with E-state index >= 15 is 0 Å². The topological polar surface area (TPSA) is 18.5 Å². The molecule has 1 rings (SSSR count). The van der Waals surface area contributed by atoms with Gasteiger partial charge in [0.15, 0.2) is 0 Å². The maximum Gasteiger partial charge on any atom is 0.122 e. The molecule has 0 aromatic heterocycles. The van der Waals surface area contributed by atoms with E-state index in [1.54, 1.807) is 0 Å². The first-order valence-electron chi connectivity index (χ1n) is 5.67. The molecule has 2 nitrogen and oxygen atoms in total. The number of hydrogen-bond acceptors (Lipinski definition) is 2. The lowest BCUT2D eigenvalue weighted by Gasteiger charge is -2.10. The minimum Gasteiger partial charge on any atom is -0.491 e. The molecule has 0 heterocycles. The summed E-state index contributed by atoms with van der Waals surface area (Å²) in [6, 6.07) is 8.15. The minimum atomic E-state index is 0.636. The average Bonchev–Trinajstić information content (AvgIpc) is 2.29. The number of aryl methyl sites for hydroxylation is 1. The van der Waals surface area contributed by atoms with Gasteiger partial charge in [-0.05, 0) is 24.5 Å². The Morgan fingerprint density at radius 2 is 1.80 bits per heavy atom. The first-order chi connectivity index (χ1) is 7.38. The first-order valence-corrected chi connectivity index (χ1v) is 5.67. The highest BCUT2D eigenvalue weighted by Crippen LogP contribution is 2.17. The van der Waals surface area contributed by atoms with Crippen LogP contribution in [0.15, 0.2) is 24.3 Å². The van der Waals surface area contributed by atoms with Crippen molar-refractivity contribution in [3.63, 3.8) is 0 Å². The van der Waals surface area contributed by atoms with Gasteiger partial charge in [0.05, 0.1) is 6.61 Å². The Labute approximate surface area is 92.2 Å². The number of benzene rings is 1. The molecule has 0 aliphatic carbocycles. The van der Waals surface area contributed by atoms with Gasteiger partial charge in [-0.1, -0.05) is 32.0 Å². The molecule has 2 heteroatoms. The normalized spacial score (nSPS) is 10.3. The third-order valence-electron chi connectivity index (χ3n) is 2.19. The molecule has 0 bridgehead atoms. The summed E-state index contributed by atoms with van der Waals surface area (Å²) < 4.78 is 11.0. The summed E-state index contributed by atoms with van der Waals surface area (Å²) in [6.07, 6.45) is 2.07. The van der Waals surface area contributed by atoms with Crippen LogP contribution in [0.1, 0.15) is 25.8 Å². The van der Waals surface area contributed by atoms with Crippen molar-refractivity contribution in [1.29, 1.82) is 0 Å². The summed E-state index contributed by atoms with van der Waals surface area (Å²) in [4.78, 5) is 0. The van der Waals surface area contributed by atoms with Crippen molar-refractivity contribution < 1.29 is 9.47 Å². The van der Waals surface area contributed by atoms with Gasteiger partial charge in [0.1, 0.15) is 12.4 Å². The Balaban J connectivity index is 2.30. The van der Waals surface area contributed by atoms with Gasteiger partial charge < -0.3 is 9.47 Å². The summed E-state index contributed by atoms with van der Waals surface area (Å²) in [5.41, 5.74) is 1.26. The van der Waals surface area contributed by atoms with E-state index in [2.05, 4.69) is 19.9 Å². The quantitative estimate of drug-likeness (QED) is 0.641. The Hall–Kier alpha value is -1.02. The van der Waals surface area contributed by atoms with Gasteiger partial charge in [-0.25, -0.2) is 0 Å². The molecule has 0 spiro atoms. The molecular formula is C13H20O2. The third-order valence-corrected chi connectivity index (χ3v) is 2.19. The zero-order valence-corrected chi connectivity index (χ0v) is 9.66.